The van der Waals surface area contributed by atoms with Gasteiger partial charge in [-0.2, -0.15) is 0 Å². The Morgan fingerprint density at radius 1 is 0.929 bits per heavy atom. The van der Waals surface area contributed by atoms with Crippen LogP contribution in [0.2, 0.25) is 0 Å². The summed E-state index contributed by atoms with van der Waals surface area (Å²) in [5.41, 5.74) is 3.34. The van der Waals surface area contributed by atoms with Crippen LogP contribution in [0.15, 0.2) is 11.1 Å². The van der Waals surface area contributed by atoms with E-state index in [-0.39, 0.29) is 0 Å². The van der Waals surface area contributed by atoms with E-state index in [2.05, 4.69) is 20.8 Å². The van der Waals surface area contributed by atoms with Crippen LogP contribution in [0.1, 0.15) is 72.1 Å². The molecule has 0 saturated heterocycles. The van der Waals surface area contributed by atoms with Crippen molar-refractivity contribution in [2.45, 2.75) is 72.1 Å². The van der Waals surface area contributed by atoms with Crippen molar-refractivity contribution >= 4 is 0 Å². The molecule has 0 aliphatic heterocycles. The summed E-state index contributed by atoms with van der Waals surface area (Å²) in [5.74, 6) is 0.997. The highest BCUT2D eigenvalue weighted by Crippen LogP contribution is 2.34. The molecule has 0 saturated carbocycles. The van der Waals surface area contributed by atoms with Gasteiger partial charge in [0, 0.05) is 0 Å². The summed E-state index contributed by atoms with van der Waals surface area (Å²) in [5, 5.41) is 0. The summed E-state index contributed by atoms with van der Waals surface area (Å²) in [6, 6.07) is 0. The second-order valence-corrected chi connectivity index (χ2v) is 5.04. The topological polar surface area (TPSA) is 0 Å². The van der Waals surface area contributed by atoms with Crippen LogP contribution in [-0.2, 0) is 0 Å². The zero-order chi connectivity index (χ0) is 10.4. The minimum absolute atomic E-state index is 0.997. The molecule has 1 aliphatic rings. The first-order valence-electron chi connectivity index (χ1n) is 6.39. The Balaban J connectivity index is 2.00. The lowest BCUT2D eigenvalue weighted by Gasteiger charge is -2.09. The van der Waals surface area contributed by atoms with Crippen LogP contribution in [0.3, 0.4) is 0 Å². The van der Waals surface area contributed by atoms with Gasteiger partial charge in [0.2, 0.25) is 0 Å². The third-order valence-corrected chi connectivity index (χ3v) is 3.63. The molecule has 0 heterocycles. The van der Waals surface area contributed by atoms with E-state index in [4.69, 9.17) is 0 Å². The monoisotopic (exact) mass is 194 g/mol. The molecule has 0 atom stereocenters. The third kappa shape index (κ3) is 3.86. The van der Waals surface area contributed by atoms with E-state index >= 15 is 0 Å². The second-order valence-electron chi connectivity index (χ2n) is 5.04. The number of rotatable bonds is 6. The summed E-state index contributed by atoms with van der Waals surface area (Å²) in [4.78, 5) is 0. The van der Waals surface area contributed by atoms with Gasteiger partial charge in [-0.3, -0.25) is 0 Å². The molecule has 0 unspecified atom stereocenters. The van der Waals surface area contributed by atoms with Gasteiger partial charge in [-0.15, -0.1) is 0 Å². The van der Waals surface area contributed by atoms with Crippen molar-refractivity contribution in [1.29, 1.82) is 0 Å². The normalized spacial score (nSPS) is 18.2. The fourth-order valence-electron chi connectivity index (χ4n) is 2.53. The van der Waals surface area contributed by atoms with Crippen LogP contribution < -0.4 is 0 Å². The molecule has 0 amide bonds. The molecule has 0 radical (unpaired) electrons. The maximum absolute atomic E-state index is 2.31. The fraction of sp³-hybridized carbons (Fsp3) is 0.857. The average Bonchev–Trinajstić information content (AvgIpc) is 2.46. The van der Waals surface area contributed by atoms with E-state index in [9.17, 15) is 0 Å². The van der Waals surface area contributed by atoms with Crippen molar-refractivity contribution in [3.8, 4) is 0 Å². The molecule has 14 heavy (non-hydrogen) atoms. The van der Waals surface area contributed by atoms with Gasteiger partial charge < -0.3 is 0 Å². The van der Waals surface area contributed by atoms with Crippen LogP contribution >= 0.6 is 0 Å². The number of allylic oxidation sites excluding steroid dienone is 2. The first kappa shape index (κ1) is 11.8. The van der Waals surface area contributed by atoms with Crippen molar-refractivity contribution in [2.24, 2.45) is 5.92 Å². The van der Waals surface area contributed by atoms with Gasteiger partial charge in [-0.25, -0.2) is 0 Å². The number of hydrogen-bond donors (Lipinski definition) is 0. The highest BCUT2D eigenvalue weighted by atomic mass is 14.2. The van der Waals surface area contributed by atoms with Crippen LogP contribution in [0.5, 0.6) is 0 Å². The van der Waals surface area contributed by atoms with Gasteiger partial charge in [0.25, 0.3) is 0 Å². The molecule has 0 aromatic rings. The van der Waals surface area contributed by atoms with Crippen LogP contribution in [0, 0.1) is 5.92 Å². The van der Waals surface area contributed by atoms with Crippen molar-refractivity contribution in [3.63, 3.8) is 0 Å². The molecule has 0 nitrogen and oxygen atoms in total. The first-order valence-corrected chi connectivity index (χ1v) is 6.39. The van der Waals surface area contributed by atoms with Crippen LogP contribution in [0.25, 0.3) is 0 Å². The Kier molecular flexibility index (Phi) is 5.29. The van der Waals surface area contributed by atoms with Crippen LogP contribution in [-0.4, -0.2) is 0 Å². The van der Waals surface area contributed by atoms with E-state index in [0.717, 1.165) is 5.92 Å². The standard InChI is InChI=1S/C14H26/c1-4-5-6-7-8-9-14-10-12(2)13(3)11-14/h14H,4-11H2,1-3H3. The Labute approximate surface area is 89.8 Å². The molecule has 0 spiro atoms. The van der Waals surface area contributed by atoms with Crippen molar-refractivity contribution in [1.82, 2.24) is 0 Å². The maximum atomic E-state index is 2.31. The molecule has 0 fully saturated rings. The highest BCUT2D eigenvalue weighted by Gasteiger charge is 2.17. The van der Waals surface area contributed by atoms with Gasteiger partial charge in [0.05, 0.1) is 0 Å². The van der Waals surface area contributed by atoms with Crippen molar-refractivity contribution in [3.05, 3.63) is 11.1 Å². The molecule has 0 aromatic heterocycles. The molecule has 0 bridgehead atoms. The lowest BCUT2D eigenvalue weighted by atomic mass is 9.97. The molecule has 1 rings (SSSR count). The van der Waals surface area contributed by atoms with Crippen LogP contribution in [0.4, 0.5) is 0 Å². The Bertz CT molecular complexity index is 174. The summed E-state index contributed by atoms with van der Waals surface area (Å²) in [6.45, 7) is 6.91. The van der Waals surface area contributed by atoms with Gasteiger partial charge in [0.15, 0.2) is 0 Å². The molecule has 0 N–H and O–H groups in total. The average molecular weight is 194 g/mol. The Morgan fingerprint density at radius 3 is 2.07 bits per heavy atom. The maximum Gasteiger partial charge on any atom is -0.0289 e. The minimum Gasteiger partial charge on any atom is -0.0741 e. The molecular weight excluding hydrogens is 168 g/mol. The van der Waals surface area contributed by atoms with Gasteiger partial charge >= 0.3 is 0 Å². The van der Waals surface area contributed by atoms with E-state index < -0.39 is 0 Å². The first-order chi connectivity index (χ1) is 6.74. The Morgan fingerprint density at radius 2 is 1.50 bits per heavy atom. The van der Waals surface area contributed by atoms with Gasteiger partial charge in [0.1, 0.15) is 0 Å². The number of hydrogen-bond acceptors (Lipinski definition) is 0. The summed E-state index contributed by atoms with van der Waals surface area (Å²) < 4.78 is 0. The minimum atomic E-state index is 0.997. The van der Waals surface area contributed by atoms with Crippen molar-refractivity contribution < 1.29 is 0 Å². The third-order valence-electron chi connectivity index (χ3n) is 3.63. The molecule has 82 valence electrons. The van der Waals surface area contributed by atoms with E-state index in [0.29, 0.717) is 0 Å². The van der Waals surface area contributed by atoms with E-state index in [1.807, 2.05) is 0 Å². The summed E-state index contributed by atoms with van der Waals surface area (Å²) >= 11 is 0. The quantitative estimate of drug-likeness (QED) is 0.408. The predicted octanol–water partition coefficient (Wildman–Crippen LogP) is 5.09. The van der Waals surface area contributed by atoms with Gasteiger partial charge in [-0.1, -0.05) is 50.2 Å². The summed E-state index contributed by atoms with van der Waals surface area (Å²) in [7, 11) is 0. The highest BCUT2D eigenvalue weighted by molar-refractivity contribution is 5.16. The van der Waals surface area contributed by atoms with E-state index in [1.54, 1.807) is 11.1 Å². The molecular formula is C14H26. The smallest absolute Gasteiger partial charge is 0.0289 e. The largest absolute Gasteiger partial charge is 0.0741 e. The summed E-state index contributed by atoms with van der Waals surface area (Å²) in [6.07, 6.45) is 11.4. The SMILES string of the molecule is CCCCCCCC1CC(C)=C(C)C1. The molecule has 0 heteroatoms. The lowest BCUT2D eigenvalue weighted by molar-refractivity contribution is 0.469. The van der Waals surface area contributed by atoms with Gasteiger partial charge in [-0.05, 0) is 39.0 Å². The lowest BCUT2D eigenvalue weighted by Crippen LogP contribution is -1.94. The zero-order valence-corrected chi connectivity index (χ0v) is 10.2. The molecule has 1 aliphatic carbocycles. The fourth-order valence-corrected chi connectivity index (χ4v) is 2.53. The van der Waals surface area contributed by atoms with Crippen molar-refractivity contribution in [2.75, 3.05) is 0 Å². The second kappa shape index (κ2) is 6.27. The number of unbranched alkanes of at least 4 members (excludes halogenated alkanes) is 4. The Hall–Kier alpha value is -0.260. The van der Waals surface area contributed by atoms with E-state index in [1.165, 1.54) is 51.4 Å². The molecule has 0 aromatic carbocycles. The predicted molar refractivity (Wildman–Crippen MR) is 64.5 cm³/mol. The zero-order valence-electron chi connectivity index (χ0n) is 10.2.